The van der Waals surface area contributed by atoms with Crippen LogP contribution in [0.5, 0.6) is 0 Å². The lowest BCUT2D eigenvalue weighted by atomic mass is 10.3. The van der Waals surface area contributed by atoms with Gasteiger partial charge in [-0.1, -0.05) is 0 Å². The fraction of sp³-hybridized carbons (Fsp3) is 0.400. The Hall–Kier alpha value is -1.80. The van der Waals surface area contributed by atoms with E-state index in [1.807, 2.05) is 0 Å². The van der Waals surface area contributed by atoms with Crippen molar-refractivity contribution in [3.63, 3.8) is 0 Å². The van der Waals surface area contributed by atoms with Gasteiger partial charge in [0, 0.05) is 20.2 Å². The van der Waals surface area contributed by atoms with E-state index in [1.165, 1.54) is 10.7 Å². The number of rotatable bonds is 4. The van der Waals surface area contributed by atoms with Crippen molar-refractivity contribution in [3.05, 3.63) is 27.3 Å². The van der Waals surface area contributed by atoms with Crippen molar-refractivity contribution in [2.24, 2.45) is 7.05 Å². The summed E-state index contributed by atoms with van der Waals surface area (Å²) in [6, 6.07) is 3.07. The van der Waals surface area contributed by atoms with Crippen LogP contribution in [0.25, 0.3) is 11.5 Å². The lowest BCUT2D eigenvalue weighted by Gasteiger charge is -2.05. The molecular formula is C10H13N5O2S. The van der Waals surface area contributed by atoms with E-state index >= 15 is 0 Å². The Morgan fingerprint density at radius 3 is 2.94 bits per heavy atom. The van der Waals surface area contributed by atoms with Crippen LogP contribution in [0.2, 0.25) is 0 Å². The van der Waals surface area contributed by atoms with Crippen LogP contribution in [-0.4, -0.2) is 38.3 Å². The molecule has 1 N–H and O–H groups in total. The zero-order valence-corrected chi connectivity index (χ0v) is 10.9. The maximum absolute atomic E-state index is 11.3. The minimum absolute atomic E-state index is 0.170. The molecule has 0 aliphatic carbocycles. The van der Waals surface area contributed by atoms with Gasteiger partial charge in [-0.3, -0.25) is 14.5 Å². The fourth-order valence-electron chi connectivity index (χ4n) is 1.52. The van der Waals surface area contributed by atoms with Gasteiger partial charge in [0.1, 0.15) is 5.69 Å². The second-order valence-corrected chi connectivity index (χ2v) is 4.06. The highest BCUT2D eigenvalue weighted by molar-refractivity contribution is 7.71. The number of aromatic amines is 1. The molecule has 0 spiro atoms. The molecule has 0 saturated carbocycles. The molecule has 0 aliphatic heterocycles. The average Bonchev–Trinajstić information content (AvgIpc) is 2.72. The highest BCUT2D eigenvalue weighted by Crippen LogP contribution is 2.12. The van der Waals surface area contributed by atoms with Crippen molar-refractivity contribution in [2.75, 3.05) is 13.7 Å². The smallest absolute Gasteiger partial charge is 0.266 e. The lowest BCUT2D eigenvalue weighted by Crippen LogP contribution is -2.19. The standard InChI is InChI=1S/C10H13N5O2S/c1-14-8(16)4-3-7(13-14)9-11-12-10(18)15(9)5-6-17-2/h3-4H,5-6H2,1-2H3,(H,12,18). The molecule has 2 rings (SSSR count). The van der Waals surface area contributed by atoms with Crippen LogP contribution in [0.4, 0.5) is 0 Å². The largest absolute Gasteiger partial charge is 0.383 e. The molecule has 0 aliphatic rings. The summed E-state index contributed by atoms with van der Waals surface area (Å²) < 4.78 is 8.56. The molecule has 2 aromatic heterocycles. The highest BCUT2D eigenvalue weighted by Gasteiger charge is 2.10. The molecule has 8 heteroatoms. The summed E-state index contributed by atoms with van der Waals surface area (Å²) >= 11 is 5.14. The zero-order valence-electron chi connectivity index (χ0n) is 10.1. The molecule has 0 aromatic carbocycles. The Morgan fingerprint density at radius 2 is 2.28 bits per heavy atom. The minimum Gasteiger partial charge on any atom is -0.383 e. The summed E-state index contributed by atoms with van der Waals surface area (Å²) in [5, 5.41) is 11.0. The number of methoxy groups -OCH3 is 1. The summed E-state index contributed by atoms with van der Waals surface area (Å²) in [7, 11) is 3.21. The SMILES string of the molecule is COCCn1c(-c2ccc(=O)n(C)n2)n[nH]c1=S. The number of hydrogen-bond acceptors (Lipinski definition) is 5. The van der Waals surface area contributed by atoms with E-state index in [9.17, 15) is 4.79 Å². The van der Waals surface area contributed by atoms with E-state index in [2.05, 4.69) is 15.3 Å². The summed E-state index contributed by atoms with van der Waals surface area (Å²) in [5.41, 5.74) is 0.414. The average molecular weight is 267 g/mol. The zero-order chi connectivity index (χ0) is 13.1. The fourth-order valence-corrected chi connectivity index (χ4v) is 1.75. The van der Waals surface area contributed by atoms with E-state index in [-0.39, 0.29) is 5.56 Å². The van der Waals surface area contributed by atoms with Crippen LogP contribution in [0, 0.1) is 4.77 Å². The first-order valence-corrected chi connectivity index (χ1v) is 5.73. The van der Waals surface area contributed by atoms with E-state index in [4.69, 9.17) is 17.0 Å². The van der Waals surface area contributed by atoms with Gasteiger partial charge in [0.25, 0.3) is 5.56 Å². The molecule has 0 unspecified atom stereocenters. The van der Waals surface area contributed by atoms with Gasteiger partial charge >= 0.3 is 0 Å². The van der Waals surface area contributed by atoms with Gasteiger partial charge in [-0.25, -0.2) is 4.68 Å². The van der Waals surface area contributed by atoms with Gasteiger partial charge < -0.3 is 4.74 Å². The normalized spacial score (nSPS) is 10.8. The molecular weight excluding hydrogens is 254 g/mol. The number of aromatic nitrogens is 5. The van der Waals surface area contributed by atoms with Crippen molar-refractivity contribution >= 4 is 12.2 Å². The Bertz CT molecular complexity index is 657. The van der Waals surface area contributed by atoms with Crippen molar-refractivity contribution in [1.82, 2.24) is 24.5 Å². The topological polar surface area (TPSA) is 77.7 Å². The number of hydrogen-bond donors (Lipinski definition) is 1. The van der Waals surface area contributed by atoms with Crippen LogP contribution in [0.3, 0.4) is 0 Å². The second-order valence-electron chi connectivity index (χ2n) is 3.68. The first-order chi connectivity index (χ1) is 8.63. The number of nitrogens with one attached hydrogen (secondary N) is 1. The van der Waals surface area contributed by atoms with E-state index < -0.39 is 0 Å². The number of H-pyrrole nitrogens is 1. The van der Waals surface area contributed by atoms with Crippen molar-refractivity contribution < 1.29 is 4.74 Å². The van der Waals surface area contributed by atoms with Gasteiger partial charge in [-0.2, -0.15) is 10.2 Å². The molecule has 0 fully saturated rings. The Labute approximate surface area is 108 Å². The van der Waals surface area contributed by atoms with Crippen LogP contribution in [0.1, 0.15) is 0 Å². The Balaban J connectivity index is 2.47. The lowest BCUT2D eigenvalue weighted by molar-refractivity contribution is 0.187. The van der Waals surface area contributed by atoms with Gasteiger partial charge in [0.2, 0.25) is 0 Å². The van der Waals surface area contributed by atoms with Crippen LogP contribution >= 0.6 is 12.2 Å². The molecule has 0 radical (unpaired) electrons. The third-order valence-corrected chi connectivity index (χ3v) is 2.78. The Kier molecular flexibility index (Phi) is 3.68. The molecule has 2 aromatic rings. The first kappa shape index (κ1) is 12.7. The van der Waals surface area contributed by atoms with Crippen molar-refractivity contribution in [2.45, 2.75) is 6.54 Å². The van der Waals surface area contributed by atoms with Gasteiger partial charge in [0.15, 0.2) is 10.6 Å². The molecule has 0 atom stereocenters. The van der Waals surface area contributed by atoms with Gasteiger partial charge in [0.05, 0.1) is 13.2 Å². The molecule has 0 bridgehead atoms. The van der Waals surface area contributed by atoms with Crippen LogP contribution < -0.4 is 5.56 Å². The molecule has 0 saturated heterocycles. The number of ether oxygens (including phenoxy) is 1. The van der Waals surface area contributed by atoms with E-state index in [1.54, 1.807) is 24.8 Å². The Morgan fingerprint density at radius 1 is 1.50 bits per heavy atom. The predicted molar refractivity (Wildman–Crippen MR) is 67.8 cm³/mol. The van der Waals surface area contributed by atoms with Crippen LogP contribution in [-0.2, 0) is 18.3 Å². The molecule has 2 heterocycles. The minimum atomic E-state index is -0.170. The van der Waals surface area contributed by atoms with Gasteiger partial charge in [-0.15, -0.1) is 0 Å². The number of aryl methyl sites for hydroxylation is 1. The van der Waals surface area contributed by atoms with Crippen molar-refractivity contribution in [3.8, 4) is 11.5 Å². The summed E-state index contributed by atoms with van der Waals surface area (Å²) in [6.07, 6.45) is 0. The predicted octanol–water partition coefficient (Wildman–Crippen LogP) is 0.348. The highest BCUT2D eigenvalue weighted by atomic mass is 32.1. The maximum atomic E-state index is 11.3. The summed E-state index contributed by atoms with van der Waals surface area (Å²) in [6.45, 7) is 1.10. The van der Waals surface area contributed by atoms with Crippen LogP contribution in [0.15, 0.2) is 16.9 Å². The van der Waals surface area contributed by atoms with E-state index in [0.717, 1.165) is 0 Å². The third kappa shape index (κ3) is 2.39. The molecule has 18 heavy (non-hydrogen) atoms. The quantitative estimate of drug-likeness (QED) is 0.809. The van der Waals surface area contributed by atoms with E-state index in [0.29, 0.717) is 29.4 Å². The van der Waals surface area contributed by atoms with Gasteiger partial charge in [-0.05, 0) is 18.3 Å². The first-order valence-electron chi connectivity index (χ1n) is 5.32. The second kappa shape index (κ2) is 5.23. The molecule has 96 valence electrons. The molecule has 0 amide bonds. The summed E-state index contributed by atoms with van der Waals surface area (Å²) in [5.74, 6) is 0.590. The maximum Gasteiger partial charge on any atom is 0.266 e. The summed E-state index contributed by atoms with van der Waals surface area (Å²) in [4.78, 5) is 11.3. The van der Waals surface area contributed by atoms with Crippen molar-refractivity contribution in [1.29, 1.82) is 0 Å². The monoisotopic (exact) mass is 267 g/mol. The molecule has 7 nitrogen and oxygen atoms in total. The third-order valence-electron chi connectivity index (χ3n) is 2.47. The number of nitrogens with zero attached hydrogens (tertiary/aromatic N) is 4.